The van der Waals surface area contributed by atoms with E-state index in [4.69, 9.17) is 10.5 Å². The summed E-state index contributed by atoms with van der Waals surface area (Å²) in [6.45, 7) is 4.92. The van der Waals surface area contributed by atoms with E-state index in [1.807, 2.05) is 24.3 Å². The Bertz CT molecular complexity index is 327. The molecule has 0 aliphatic heterocycles. The third kappa shape index (κ3) is 3.14. The van der Waals surface area contributed by atoms with Crippen molar-refractivity contribution in [2.45, 2.75) is 32.2 Å². The first-order chi connectivity index (χ1) is 7.65. The topological polar surface area (TPSA) is 47.3 Å². The van der Waals surface area contributed by atoms with Gasteiger partial charge in [0.1, 0.15) is 5.75 Å². The predicted molar refractivity (Wildman–Crippen MR) is 69.0 cm³/mol. The lowest BCUT2D eigenvalue weighted by Crippen LogP contribution is -2.42. The molecule has 0 saturated carbocycles. The molecule has 0 aliphatic carbocycles. The van der Waals surface area contributed by atoms with Crippen molar-refractivity contribution in [1.29, 1.82) is 0 Å². The Kier molecular flexibility index (Phi) is 4.62. The van der Waals surface area contributed by atoms with Gasteiger partial charge in [0.05, 0.1) is 12.8 Å². The van der Waals surface area contributed by atoms with Gasteiger partial charge < -0.3 is 15.8 Å². The molecule has 1 rings (SSSR count). The van der Waals surface area contributed by atoms with Gasteiger partial charge in [0.2, 0.25) is 0 Å². The number of rotatable bonds is 6. The van der Waals surface area contributed by atoms with Gasteiger partial charge in [-0.1, -0.05) is 25.5 Å². The highest BCUT2D eigenvalue weighted by molar-refractivity contribution is 5.57. The van der Waals surface area contributed by atoms with Crippen LogP contribution in [0.5, 0.6) is 5.75 Å². The van der Waals surface area contributed by atoms with Gasteiger partial charge in [-0.15, -0.1) is 0 Å². The maximum absolute atomic E-state index is 5.83. The number of nitrogens with one attached hydrogen (secondary N) is 1. The first-order valence-electron chi connectivity index (χ1n) is 5.76. The fourth-order valence-corrected chi connectivity index (χ4v) is 1.84. The minimum Gasteiger partial charge on any atom is -0.495 e. The van der Waals surface area contributed by atoms with Crippen molar-refractivity contribution in [3.63, 3.8) is 0 Å². The zero-order chi connectivity index (χ0) is 12.0. The number of anilines is 1. The predicted octanol–water partition coefficient (Wildman–Crippen LogP) is 2.62. The Hall–Kier alpha value is -1.22. The Morgan fingerprint density at radius 1 is 1.38 bits per heavy atom. The molecule has 0 aliphatic rings. The van der Waals surface area contributed by atoms with Crippen molar-refractivity contribution in [2.24, 2.45) is 5.73 Å². The molecule has 0 bridgehead atoms. The van der Waals surface area contributed by atoms with E-state index in [0.717, 1.165) is 24.3 Å². The van der Waals surface area contributed by atoms with Crippen LogP contribution in [0.1, 0.15) is 26.7 Å². The largest absolute Gasteiger partial charge is 0.495 e. The minimum atomic E-state index is -0.0661. The zero-order valence-electron chi connectivity index (χ0n) is 10.4. The Morgan fingerprint density at radius 2 is 2.06 bits per heavy atom. The average Bonchev–Trinajstić information content (AvgIpc) is 2.30. The van der Waals surface area contributed by atoms with E-state index in [0.29, 0.717) is 6.54 Å². The fraction of sp³-hybridized carbons (Fsp3) is 0.538. The first kappa shape index (κ1) is 12.8. The van der Waals surface area contributed by atoms with Gasteiger partial charge in [-0.25, -0.2) is 0 Å². The van der Waals surface area contributed by atoms with Crippen molar-refractivity contribution in [2.75, 3.05) is 19.0 Å². The van der Waals surface area contributed by atoms with Gasteiger partial charge in [-0.2, -0.15) is 0 Å². The molecule has 1 atom stereocenters. The van der Waals surface area contributed by atoms with E-state index < -0.39 is 0 Å². The average molecular weight is 222 g/mol. The molecule has 1 aromatic rings. The van der Waals surface area contributed by atoms with E-state index in [2.05, 4.69) is 19.2 Å². The number of methoxy groups -OCH3 is 1. The van der Waals surface area contributed by atoms with Crippen LogP contribution in [0.2, 0.25) is 0 Å². The maximum atomic E-state index is 5.83. The molecule has 90 valence electrons. The van der Waals surface area contributed by atoms with Crippen LogP contribution in [0.15, 0.2) is 24.3 Å². The summed E-state index contributed by atoms with van der Waals surface area (Å²) in [6, 6.07) is 7.92. The van der Waals surface area contributed by atoms with Crippen molar-refractivity contribution in [3.05, 3.63) is 24.3 Å². The number of benzene rings is 1. The summed E-state index contributed by atoms with van der Waals surface area (Å²) < 4.78 is 5.31. The standard InChI is InChI=1S/C13H22N2O/c1-4-9-13(2,10-14)15-11-7-5-6-8-12(11)16-3/h5-8,15H,4,9-10,14H2,1-3H3. The molecule has 3 nitrogen and oxygen atoms in total. The first-order valence-corrected chi connectivity index (χ1v) is 5.76. The lowest BCUT2D eigenvalue weighted by atomic mass is 9.96. The summed E-state index contributed by atoms with van der Waals surface area (Å²) in [5.41, 5.74) is 6.77. The molecular weight excluding hydrogens is 200 g/mol. The second-order valence-corrected chi connectivity index (χ2v) is 4.34. The Labute approximate surface area is 98.0 Å². The highest BCUT2D eigenvalue weighted by atomic mass is 16.5. The van der Waals surface area contributed by atoms with Crippen molar-refractivity contribution in [1.82, 2.24) is 0 Å². The van der Waals surface area contributed by atoms with Crippen LogP contribution in [-0.4, -0.2) is 19.2 Å². The second kappa shape index (κ2) is 5.75. The van der Waals surface area contributed by atoms with Crippen LogP contribution in [0, 0.1) is 0 Å². The van der Waals surface area contributed by atoms with Gasteiger partial charge >= 0.3 is 0 Å². The highest BCUT2D eigenvalue weighted by Gasteiger charge is 2.21. The molecule has 0 aromatic heterocycles. The van der Waals surface area contributed by atoms with Crippen LogP contribution in [0.25, 0.3) is 0 Å². The Morgan fingerprint density at radius 3 is 2.62 bits per heavy atom. The third-order valence-electron chi connectivity index (χ3n) is 2.80. The summed E-state index contributed by atoms with van der Waals surface area (Å²) in [5, 5.41) is 3.48. The molecular formula is C13H22N2O. The molecule has 3 heteroatoms. The quantitative estimate of drug-likeness (QED) is 0.778. The smallest absolute Gasteiger partial charge is 0.141 e. The molecule has 0 spiro atoms. The van der Waals surface area contributed by atoms with Crippen LogP contribution in [-0.2, 0) is 0 Å². The minimum absolute atomic E-state index is 0.0661. The van der Waals surface area contributed by atoms with Crippen LogP contribution < -0.4 is 15.8 Å². The van der Waals surface area contributed by atoms with E-state index in [1.165, 1.54) is 0 Å². The maximum Gasteiger partial charge on any atom is 0.141 e. The monoisotopic (exact) mass is 222 g/mol. The summed E-state index contributed by atoms with van der Waals surface area (Å²) in [5.74, 6) is 0.860. The van der Waals surface area contributed by atoms with E-state index >= 15 is 0 Å². The SMILES string of the molecule is CCCC(C)(CN)Nc1ccccc1OC. The Balaban J connectivity index is 2.85. The molecule has 16 heavy (non-hydrogen) atoms. The normalized spacial score (nSPS) is 14.2. The molecule has 0 saturated heterocycles. The lowest BCUT2D eigenvalue weighted by molar-refractivity contribution is 0.411. The highest BCUT2D eigenvalue weighted by Crippen LogP contribution is 2.27. The van der Waals surface area contributed by atoms with Gasteiger partial charge in [0, 0.05) is 12.1 Å². The third-order valence-corrected chi connectivity index (χ3v) is 2.80. The van der Waals surface area contributed by atoms with Gasteiger partial charge in [-0.05, 0) is 25.5 Å². The fourth-order valence-electron chi connectivity index (χ4n) is 1.84. The second-order valence-electron chi connectivity index (χ2n) is 4.34. The molecule has 0 amide bonds. The zero-order valence-corrected chi connectivity index (χ0v) is 10.4. The van der Waals surface area contributed by atoms with Gasteiger partial charge in [-0.3, -0.25) is 0 Å². The molecule has 1 aromatic carbocycles. The van der Waals surface area contributed by atoms with E-state index in [9.17, 15) is 0 Å². The van der Waals surface area contributed by atoms with Crippen LogP contribution >= 0.6 is 0 Å². The summed E-state index contributed by atoms with van der Waals surface area (Å²) >= 11 is 0. The summed E-state index contributed by atoms with van der Waals surface area (Å²) in [4.78, 5) is 0. The summed E-state index contributed by atoms with van der Waals surface area (Å²) in [7, 11) is 1.68. The molecule has 0 fully saturated rings. The van der Waals surface area contributed by atoms with E-state index in [1.54, 1.807) is 7.11 Å². The van der Waals surface area contributed by atoms with Crippen LogP contribution in [0.3, 0.4) is 0 Å². The molecule has 3 N–H and O–H groups in total. The van der Waals surface area contributed by atoms with E-state index in [-0.39, 0.29) is 5.54 Å². The number of hydrogen-bond acceptors (Lipinski definition) is 3. The molecule has 1 unspecified atom stereocenters. The molecule has 0 radical (unpaired) electrons. The van der Waals surface area contributed by atoms with Gasteiger partial charge in [0.25, 0.3) is 0 Å². The number of hydrogen-bond donors (Lipinski definition) is 2. The number of nitrogens with two attached hydrogens (primary N) is 1. The molecule has 0 heterocycles. The van der Waals surface area contributed by atoms with Crippen molar-refractivity contribution in [3.8, 4) is 5.75 Å². The number of ether oxygens (including phenoxy) is 1. The van der Waals surface area contributed by atoms with Gasteiger partial charge in [0.15, 0.2) is 0 Å². The van der Waals surface area contributed by atoms with Crippen LogP contribution in [0.4, 0.5) is 5.69 Å². The summed E-state index contributed by atoms with van der Waals surface area (Å²) in [6.07, 6.45) is 2.15. The van der Waals surface area contributed by atoms with Crippen molar-refractivity contribution >= 4 is 5.69 Å². The lowest BCUT2D eigenvalue weighted by Gasteiger charge is -2.31. The van der Waals surface area contributed by atoms with Crippen molar-refractivity contribution < 1.29 is 4.74 Å². The number of para-hydroxylation sites is 2.